The predicted molar refractivity (Wildman–Crippen MR) is 73.1 cm³/mol. The summed E-state index contributed by atoms with van der Waals surface area (Å²) < 4.78 is 0. The van der Waals surface area contributed by atoms with Gasteiger partial charge in [-0.25, -0.2) is 0 Å². The van der Waals surface area contributed by atoms with E-state index in [4.69, 9.17) is 0 Å². The van der Waals surface area contributed by atoms with E-state index >= 15 is 0 Å². The number of hydrogen-bond donors (Lipinski definition) is 2. The third kappa shape index (κ3) is 2.97. The molecule has 19 heavy (non-hydrogen) atoms. The third-order valence-electron chi connectivity index (χ3n) is 2.97. The monoisotopic (exact) mass is 259 g/mol. The summed E-state index contributed by atoms with van der Waals surface area (Å²) in [5.74, 6) is -0.0834. The van der Waals surface area contributed by atoms with E-state index in [0.717, 1.165) is 11.4 Å². The molecule has 100 valence electrons. The third-order valence-corrected chi connectivity index (χ3v) is 2.97. The predicted octanol–water partition coefficient (Wildman–Crippen LogP) is 1.20. The number of hydrogen-bond acceptors (Lipinski definition) is 4. The van der Waals surface area contributed by atoms with E-state index in [1.807, 2.05) is 38.1 Å². The Morgan fingerprint density at radius 1 is 1.16 bits per heavy atom. The Labute approximate surface area is 111 Å². The minimum atomic E-state index is -0.609. The van der Waals surface area contributed by atoms with Crippen LogP contribution in [0, 0.1) is 0 Å². The number of amides is 1. The highest BCUT2D eigenvalue weighted by Gasteiger charge is 2.24. The van der Waals surface area contributed by atoms with E-state index in [0.29, 0.717) is 0 Å². The summed E-state index contributed by atoms with van der Waals surface area (Å²) in [6.07, 6.45) is 3.23. The second kappa shape index (κ2) is 5.19. The lowest BCUT2D eigenvalue weighted by Crippen LogP contribution is -2.47. The van der Waals surface area contributed by atoms with Crippen molar-refractivity contribution < 1.29 is 4.79 Å². The lowest BCUT2D eigenvalue weighted by atomic mass is 10.1. The maximum absolute atomic E-state index is 12.0. The number of carbonyl (C=O) groups is 1. The molecule has 0 radical (unpaired) electrons. The topological polar surface area (TPSA) is 71.8 Å². The molecule has 0 atom stereocenters. The van der Waals surface area contributed by atoms with Crippen LogP contribution in [-0.4, -0.2) is 33.5 Å². The average molecular weight is 259 g/mol. The van der Waals surface area contributed by atoms with E-state index in [1.165, 1.54) is 4.80 Å². The first-order valence-corrected chi connectivity index (χ1v) is 6.00. The van der Waals surface area contributed by atoms with Crippen molar-refractivity contribution in [2.75, 3.05) is 12.4 Å². The summed E-state index contributed by atoms with van der Waals surface area (Å²) in [7, 11) is 1.76. The summed E-state index contributed by atoms with van der Waals surface area (Å²) in [6, 6.07) is 7.34. The highest BCUT2D eigenvalue weighted by molar-refractivity contribution is 5.97. The van der Waals surface area contributed by atoms with Gasteiger partial charge in [0.05, 0.1) is 23.6 Å². The standard InChI is InChI=1S/C13H17N5O/c1-13(2,14-3)12(19)17-10-4-6-11(7-5-10)18-15-8-9-16-18/h4-9,14H,1-3H3,(H,17,19). The van der Waals surface area contributed by atoms with Crippen LogP contribution in [0.1, 0.15) is 13.8 Å². The van der Waals surface area contributed by atoms with E-state index < -0.39 is 5.54 Å². The van der Waals surface area contributed by atoms with Gasteiger partial charge in [0.15, 0.2) is 0 Å². The van der Waals surface area contributed by atoms with Crippen molar-refractivity contribution in [3.05, 3.63) is 36.7 Å². The van der Waals surface area contributed by atoms with Gasteiger partial charge in [0, 0.05) is 5.69 Å². The SMILES string of the molecule is CNC(C)(C)C(=O)Nc1ccc(-n2nccn2)cc1. The number of rotatable bonds is 4. The molecule has 1 heterocycles. The number of benzene rings is 1. The molecule has 0 spiro atoms. The van der Waals surface area contributed by atoms with Crippen molar-refractivity contribution >= 4 is 11.6 Å². The van der Waals surface area contributed by atoms with E-state index in [2.05, 4.69) is 20.8 Å². The Hall–Kier alpha value is -2.21. The molecular weight excluding hydrogens is 242 g/mol. The van der Waals surface area contributed by atoms with Crippen LogP contribution >= 0.6 is 0 Å². The van der Waals surface area contributed by atoms with Crippen LogP contribution < -0.4 is 10.6 Å². The van der Waals surface area contributed by atoms with Crippen LogP contribution in [0.3, 0.4) is 0 Å². The molecule has 1 aromatic heterocycles. The minimum Gasteiger partial charge on any atom is -0.325 e. The summed E-state index contributed by atoms with van der Waals surface area (Å²) in [6.45, 7) is 3.65. The van der Waals surface area contributed by atoms with Crippen molar-refractivity contribution in [2.45, 2.75) is 19.4 Å². The number of aromatic nitrogens is 3. The Balaban J connectivity index is 2.10. The molecule has 2 N–H and O–H groups in total. The smallest absolute Gasteiger partial charge is 0.244 e. The van der Waals surface area contributed by atoms with E-state index in [1.54, 1.807) is 19.4 Å². The van der Waals surface area contributed by atoms with Crippen molar-refractivity contribution in [1.29, 1.82) is 0 Å². The summed E-state index contributed by atoms with van der Waals surface area (Å²) in [5.41, 5.74) is 0.975. The van der Waals surface area contributed by atoms with Crippen molar-refractivity contribution in [3.8, 4) is 5.69 Å². The van der Waals surface area contributed by atoms with E-state index in [9.17, 15) is 4.79 Å². The first-order valence-electron chi connectivity index (χ1n) is 6.00. The van der Waals surface area contributed by atoms with Crippen LogP contribution in [0.15, 0.2) is 36.7 Å². The quantitative estimate of drug-likeness (QED) is 0.865. The van der Waals surface area contributed by atoms with E-state index in [-0.39, 0.29) is 5.91 Å². The molecule has 2 aromatic rings. The fourth-order valence-electron chi connectivity index (χ4n) is 1.43. The number of nitrogens with zero attached hydrogens (tertiary/aromatic N) is 3. The average Bonchev–Trinajstić information content (AvgIpc) is 2.93. The highest BCUT2D eigenvalue weighted by Crippen LogP contribution is 2.13. The first kappa shape index (κ1) is 13.2. The Morgan fingerprint density at radius 2 is 1.74 bits per heavy atom. The van der Waals surface area contributed by atoms with Gasteiger partial charge in [-0.1, -0.05) is 0 Å². The zero-order valence-electron chi connectivity index (χ0n) is 11.2. The van der Waals surface area contributed by atoms with Crippen LogP contribution in [0.25, 0.3) is 5.69 Å². The van der Waals surface area contributed by atoms with Gasteiger partial charge in [0.25, 0.3) is 0 Å². The van der Waals surface area contributed by atoms with Crippen molar-refractivity contribution in [2.24, 2.45) is 0 Å². The van der Waals surface area contributed by atoms with Gasteiger partial charge in [-0.05, 0) is 45.2 Å². The lowest BCUT2D eigenvalue weighted by molar-refractivity contribution is -0.121. The van der Waals surface area contributed by atoms with Gasteiger partial charge in [0.1, 0.15) is 0 Å². The number of anilines is 1. The maximum Gasteiger partial charge on any atom is 0.244 e. The number of likely N-dealkylation sites (N-methyl/N-ethyl adjacent to an activating group) is 1. The van der Waals surface area contributed by atoms with Gasteiger partial charge < -0.3 is 10.6 Å². The van der Waals surface area contributed by atoms with Crippen molar-refractivity contribution in [1.82, 2.24) is 20.3 Å². The molecule has 0 bridgehead atoms. The minimum absolute atomic E-state index is 0.0834. The zero-order valence-corrected chi connectivity index (χ0v) is 11.2. The first-order chi connectivity index (χ1) is 9.03. The maximum atomic E-state index is 12.0. The number of carbonyl (C=O) groups excluding carboxylic acids is 1. The van der Waals surface area contributed by atoms with Crippen LogP contribution in [0.4, 0.5) is 5.69 Å². The Kier molecular flexibility index (Phi) is 3.62. The van der Waals surface area contributed by atoms with Gasteiger partial charge in [-0.3, -0.25) is 4.79 Å². The van der Waals surface area contributed by atoms with Crippen LogP contribution in [0.2, 0.25) is 0 Å². The molecule has 0 fully saturated rings. The second-order valence-electron chi connectivity index (χ2n) is 4.69. The Morgan fingerprint density at radius 3 is 2.26 bits per heavy atom. The number of nitrogens with one attached hydrogen (secondary N) is 2. The molecule has 6 nitrogen and oxygen atoms in total. The fraction of sp³-hybridized carbons (Fsp3) is 0.308. The molecule has 0 unspecified atom stereocenters. The van der Waals surface area contributed by atoms with Gasteiger partial charge in [-0.2, -0.15) is 15.0 Å². The summed E-state index contributed by atoms with van der Waals surface area (Å²) >= 11 is 0. The van der Waals surface area contributed by atoms with Gasteiger partial charge in [-0.15, -0.1) is 0 Å². The normalized spacial score (nSPS) is 11.3. The van der Waals surface area contributed by atoms with Crippen LogP contribution in [0.5, 0.6) is 0 Å². The molecule has 1 amide bonds. The second-order valence-corrected chi connectivity index (χ2v) is 4.69. The summed E-state index contributed by atoms with van der Waals surface area (Å²) in [4.78, 5) is 13.5. The molecule has 2 rings (SSSR count). The molecule has 1 aromatic carbocycles. The van der Waals surface area contributed by atoms with Gasteiger partial charge in [0.2, 0.25) is 5.91 Å². The van der Waals surface area contributed by atoms with Gasteiger partial charge >= 0.3 is 0 Å². The summed E-state index contributed by atoms with van der Waals surface area (Å²) in [5, 5.41) is 13.9. The fourth-order valence-corrected chi connectivity index (χ4v) is 1.43. The Bertz CT molecular complexity index is 545. The highest BCUT2D eigenvalue weighted by atomic mass is 16.2. The molecule has 6 heteroatoms. The molecular formula is C13H17N5O. The van der Waals surface area contributed by atoms with Crippen LogP contribution in [-0.2, 0) is 4.79 Å². The molecule has 0 aliphatic rings. The molecule has 0 aliphatic carbocycles. The molecule has 0 saturated heterocycles. The zero-order chi connectivity index (χ0) is 13.9. The lowest BCUT2D eigenvalue weighted by Gasteiger charge is -2.22. The molecule has 0 saturated carbocycles. The largest absolute Gasteiger partial charge is 0.325 e. The molecule has 0 aliphatic heterocycles. The van der Waals surface area contributed by atoms with Crippen molar-refractivity contribution in [3.63, 3.8) is 0 Å².